The van der Waals surface area contributed by atoms with Crippen LogP contribution in [0.15, 0.2) is 0 Å². The van der Waals surface area contributed by atoms with Crippen molar-refractivity contribution < 1.29 is 4.84 Å². The molecule has 4 heteroatoms. The second kappa shape index (κ2) is 3.69. The highest BCUT2D eigenvalue weighted by Gasteiger charge is 2.06. The molecule has 0 saturated heterocycles. The average Bonchev–Trinajstić information content (AvgIpc) is 2.30. The Morgan fingerprint density at radius 3 is 2.58 bits per heavy atom. The van der Waals surface area contributed by atoms with Crippen LogP contribution in [0.25, 0.3) is 0 Å². The molecule has 0 fully saturated rings. The van der Waals surface area contributed by atoms with Crippen LogP contribution in [0.3, 0.4) is 0 Å². The van der Waals surface area contributed by atoms with Gasteiger partial charge in [0.2, 0.25) is 0 Å². The molecule has 0 spiro atoms. The first kappa shape index (κ1) is 9.22. The van der Waals surface area contributed by atoms with Crippen LogP contribution in [-0.4, -0.2) is 16.7 Å². The molecule has 1 rings (SSSR count). The highest BCUT2D eigenvalue weighted by atomic mass is 16.6. The van der Waals surface area contributed by atoms with Gasteiger partial charge in [-0.05, 0) is 13.8 Å². The van der Waals surface area contributed by atoms with Crippen LogP contribution in [0.2, 0.25) is 0 Å². The Morgan fingerprint density at radius 1 is 1.50 bits per heavy atom. The van der Waals surface area contributed by atoms with E-state index in [1.807, 2.05) is 20.9 Å². The van der Waals surface area contributed by atoms with Crippen molar-refractivity contribution in [2.45, 2.75) is 20.4 Å². The number of hydrogen-bond acceptors (Lipinski definition) is 3. The summed E-state index contributed by atoms with van der Waals surface area (Å²) in [5.74, 6) is 1.03. The zero-order valence-electron chi connectivity index (χ0n) is 8.01. The minimum absolute atomic E-state index is 0.657. The highest BCUT2D eigenvalue weighted by molar-refractivity contribution is 5.14. The molecule has 0 radical (unpaired) electrons. The molecule has 1 aromatic heterocycles. The zero-order chi connectivity index (χ0) is 9.14. The maximum atomic E-state index is 4.75. The summed E-state index contributed by atoms with van der Waals surface area (Å²) in [4.78, 5) is 9.12. The maximum absolute atomic E-state index is 4.75. The number of nitrogens with zero attached hydrogens (tertiary/aromatic N) is 2. The Bertz CT molecular complexity index is 268. The van der Waals surface area contributed by atoms with E-state index in [2.05, 4.69) is 15.0 Å². The summed E-state index contributed by atoms with van der Waals surface area (Å²) in [6.45, 7) is 4.69. The lowest BCUT2D eigenvalue weighted by Gasteiger charge is -2.00. The van der Waals surface area contributed by atoms with Crippen molar-refractivity contribution in [1.82, 2.24) is 15.0 Å². The molecule has 1 aromatic rings. The Balaban J connectivity index is 2.79. The maximum Gasteiger partial charge on any atom is 0.105 e. The summed E-state index contributed by atoms with van der Waals surface area (Å²) < 4.78 is 2.06. The van der Waals surface area contributed by atoms with Gasteiger partial charge in [-0.2, -0.15) is 5.48 Å². The van der Waals surface area contributed by atoms with E-state index in [4.69, 9.17) is 4.84 Å². The third-order valence-electron chi connectivity index (χ3n) is 2.09. The first-order valence-electron chi connectivity index (χ1n) is 3.91. The van der Waals surface area contributed by atoms with E-state index in [9.17, 15) is 0 Å². The van der Waals surface area contributed by atoms with Gasteiger partial charge >= 0.3 is 0 Å². The van der Waals surface area contributed by atoms with Gasteiger partial charge in [0.25, 0.3) is 0 Å². The average molecular weight is 169 g/mol. The largest absolute Gasteiger partial charge is 0.335 e. The monoisotopic (exact) mass is 169 g/mol. The molecular formula is C8H15N3O. The van der Waals surface area contributed by atoms with Gasteiger partial charge in [0, 0.05) is 12.7 Å². The second-order valence-electron chi connectivity index (χ2n) is 2.78. The normalized spacial score (nSPS) is 10.7. The molecule has 0 saturated carbocycles. The van der Waals surface area contributed by atoms with Crippen molar-refractivity contribution >= 4 is 0 Å². The first-order chi connectivity index (χ1) is 5.66. The molecule has 1 heterocycles. The SMILES string of the molecule is CONCc1nc(C)n(C)c1C. The van der Waals surface area contributed by atoms with Gasteiger partial charge in [0.15, 0.2) is 0 Å². The molecule has 0 bridgehead atoms. The number of aromatic nitrogens is 2. The van der Waals surface area contributed by atoms with E-state index in [0.717, 1.165) is 11.5 Å². The number of hydrogen-bond donors (Lipinski definition) is 1. The van der Waals surface area contributed by atoms with E-state index < -0.39 is 0 Å². The summed E-state index contributed by atoms with van der Waals surface area (Å²) in [7, 11) is 3.61. The fraction of sp³-hybridized carbons (Fsp3) is 0.625. The predicted octanol–water partition coefficient (Wildman–Crippen LogP) is 0.688. The molecule has 0 unspecified atom stereocenters. The van der Waals surface area contributed by atoms with Crippen LogP contribution in [0.1, 0.15) is 17.2 Å². The number of rotatable bonds is 3. The number of aryl methyl sites for hydroxylation is 1. The van der Waals surface area contributed by atoms with E-state index in [0.29, 0.717) is 6.54 Å². The van der Waals surface area contributed by atoms with Crippen molar-refractivity contribution in [1.29, 1.82) is 0 Å². The second-order valence-corrected chi connectivity index (χ2v) is 2.78. The predicted molar refractivity (Wildman–Crippen MR) is 46.5 cm³/mol. The minimum atomic E-state index is 0.657. The highest BCUT2D eigenvalue weighted by Crippen LogP contribution is 2.07. The molecule has 1 N–H and O–H groups in total. The van der Waals surface area contributed by atoms with Gasteiger partial charge in [0.1, 0.15) is 5.82 Å². The van der Waals surface area contributed by atoms with Gasteiger partial charge in [-0.15, -0.1) is 0 Å². The molecule has 0 aliphatic heterocycles. The van der Waals surface area contributed by atoms with Gasteiger partial charge in [0.05, 0.1) is 19.3 Å². The number of imidazole rings is 1. The molecule has 0 aromatic carbocycles. The van der Waals surface area contributed by atoms with E-state index in [1.54, 1.807) is 7.11 Å². The number of nitrogens with one attached hydrogen (secondary N) is 1. The van der Waals surface area contributed by atoms with Crippen LogP contribution >= 0.6 is 0 Å². The molecular weight excluding hydrogens is 154 g/mol. The third-order valence-corrected chi connectivity index (χ3v) is 2.09. The van der Waals surface area contributed by atoms with Crippen LogP contribution in [-0.2, 0) is 18.4 Å². The summed E-state index contributed by atoms with van der Waals surface area (Å²) in [6, 6.07) is 0. The van der Waals surface area contributed by atoms with Crippen molar-refractivity contribution in [3.63, 3.8) is 0 Å². The topological polar surface area (TPSA) is 39.1 Å². The van der Waals surface area contributed by atoms with Gasteiger partial charge in [-0.1, -0.05) is 0 Å². The fourth-order valence-electron chi connectivity index (χ4n) is 1.10. The Labute approximate surface area is 72.5 Å². The summed E-state index contributed by atoms with van der Waals surface area (Å²) in [6.07, 6.45) is 0. The lowest BCUT2D eigenvalue weighted by Crippen LogP contribution is -2.12. The van der Waals surface area contributed by atoms with Gasteiger partial charge < -0.3 is 9.40 Å². The summed E-state index contributed by atoms with van der Waals surface area (Å²) in [5, 5.41) is 0. The van der Waals surface area contributed by atoms with Crippen molar-refractivity contribution in [2.24, 2.45) is 7.05 Å². The van der Waals surface area contributed by atoms with Crippen molar-refractivity contribution in [3.8, 4) is 0 Å². The number of hydroxylamine groups is 1. The molecule has 12 heavy (non-hydrogen) atoms. The Kier molecular flexibility index (Phi) is 2.83. The van der Waals surface area contributed by atoms with Crippen LogP contribution in [0.4, 0.5) is 0 Å². The lowest BCUT2D eigenvalue weighted by atomic mass is 10.3. The standard InChI is InChI=1S/C8H15N3O/c1-6-8(5-9-12-4)10-7(2)11(6)3/h9H,5H2,1-4H3. The minimum Gasteiger partial charge on any atom is -0.335 e. The molecule has 0 atom stereocenters. The Hall–Kier alpha value is -0.870. The molecule has 4 nitrogen and oxygen atoms in total. The first-order valence-corrected chi connectivity index (χ1v) is 3.91. The third kappa shape index (κ3) is 1.65. The van der Waals surface area contributed by atoms with Crippen LogP contribution in [0, 0.1) is 13.8 Å². The smallest absolute Gasteiger partial charge is 0.105 e. The molecule has 0 aliphatic carbocycles. The summed E-state index contributed by atoms with van der Waals surface area (Å²) in [5.41, 5.74) is 4.99. The quantitative estimate of drug-likeness (QED) is 0.676. The molecule has 0 aliphatic rings. The molecule has 0 amide bonds. The summed E-state index contributed by atoms with van der Waals surface area (Å²) >= 11 is 0. The zero-order valence-corrected chi connectivity index (χ0v) is 8.01. The van der Waals surface area contributed by atoms with Gasteiger partial charge in [-0.3, -0.25) is 0 Å². The van der Waals surface area contributed by atoms with E-state index >= 15 is 0 Å². The lowest BCUT2D eigenvalue weighted by molar-refractivity contribution is 0.0857. The van der Waals surface area contributed by atoms with E-state index in [1.165, 1.54) is 5.69 Å². The van der Waals surface area contributed by atoms with Crippen molar-refractivity contribution in [3.05, 3.63) is 17.2 Å². The van der Waals surface area contributed by atoms with Crippen LogP contribution < -0.4 is 5.48 Å². The van der Waals surface area contributed by atoms with E-state index in [-0.39, 0.29) is 0 Å². The van der Waals surface area contributed by atoms with Gasteiger partial charge in [-0.25, -0.2) is 4.98 Å². The van der Waals surface area contributed by atoms with Crippen molar-refractivity contribution in [2.75, 3.05) is 7.11 Å². The Morgan fingerprint density at radius 2 is 2.17 bits per heavy atom. The molecule has 68 valence electrons. The van der Waals surface area contributed by atoms with Crippen LogP contribution in [0.5, 0.6) is 0 Å². The fourth-order valence-corrected chi connectivity index (χ4v) is 1.10.